The maximum atomic E-state index is 12.2. The van der Waals surface area contributed by atoms with Crippen molar-refractivity contribution in [2.24, 2.45) is 0 Å². The minimum absolute atomic E-state index is 0.0807. The highest BCUT2D eigenvalue weighted by atomic mass is 16.3. The summed E-state index contributed by atoms with van der Waals surface area (Å²) in [5.74, 6) is -0.170. The molecule has 5 heteroatoms. The SMILES string of the molecule is Cc1nn2c(O)c(C(C)C)c(=O)[nH]c2c1-c1ccccc1. The van der Waals surface area contributed by atoms with Crippen LogP contribution in [-0.2, 0) is 0 Å². The number of aryl methyl sites for hydroxylation is 1. The summed E-state index contributed by atoms with van der Waals surface area (Å²) in [6.45, 7) is 5.59. The third-order valence-corrected chi connectivity index (χ3v) is 3.62. The smallest absolute Gasteiger partial charge is 0.258 e. The van der Waals surface area contributed by atoms with Crippen molar-refractivity contribution in [3.63, 3.8) is 0 Å². The Morgan fingerprint density at radius 1 is 1.24 bits per heavy atom. The van der Waals surface area contributed by atoms with E-state index in [-0.39, 0.29) is 17.4 Å². The fraction of sp³-hybridized carbons (Fsp3) is 0.250. The van der Waals surface area contributed by atoms with Crippen molar-refractivity contribution in [3.8, 4) is 17.0 Å². The van der Waals surface area contributed by atoms with Crippen molar-refractivity contribution in [1.29, 1.82) is 0 Å². The molecule has 0 radical (unpaired) electrons. The van der Waals surface area contributed by atoms with Crippen molar-refractivity contribution in [3.05, 3.63) is 51.9 Å². The van der Waals surface area contributed by atoms with Crippen molar-refractivity contribution in [1.82, 2.24) is 14.6 Å². The van der Waals surface area contributed by atoms with Gasteiger partial charge in [0.05, 0.1) is 11.3 Å². The molecule has 2 heterocycles. The molecule has 5 nitrogen and oxygen atoms in total. The van der Waals surface area contributed by atoms with Gasteiger partial charge in [-0.3, -0.25) is 4.79 Å². The maximum absolute atomic E-state index is 12.2. The van der Waals surface area contributed by atoms with Gasteiger partial charge < -0.3 is 10.1 Å². The summed E-state index contributed by atoms with van der Waals surface area (Å²) in [6, 6.07) is 9.70. The van der Waals surface area contributed by atoms with Crippen LogP contribution in [-0.4, -0.2) is 19.7 Å². The highest BCUT2D eigenvalue weighted by Gasteiger charge is 2.20. The second-order valence-electron chi connectivity index (χ2n) is 5.43. The number of hydrogen-bond acceptors (Lipinski definition) is 3. The molecule has 0 atom stereocenters. The van der Waals surface area contributed by atoms with Crippen molar-refractivity contribution in [2.45, 2.75) is 26.7 Å². The zero-order valence-corrected chi connectivity index (χ0v) is 12.2. The first kappa shape index (κ1) is 13.4. The molecule has 21 heavy (non-hydrogen) atoms. The summed E-state index contributed by atoms with van der Waals surface area (Å²) >= 11 is 0. The molecule has 2 aromatic heterocycles. The first-order valence-corrected chi connectivity index (χ1v) is 6.90. The standard InChI is InChI=1S/C16H17N3O2/c1-9(2)12-15(20)17-14-13(11-7-5-4-6-8-11)10(3)18-19(14)16(12)21/h4-9,21H,1-3H3,(H,17,20). The van der Waals surface area contributed by atoms with Gasteiger partial charge in [0, 0.05) is 5.56 Å². The van der Waals surface area contributed by atoms with Crippen LogP contribution in [0.3, 0.4) is 0 Å². The summed E-state index contributed by atoms with van der Waals surface area (Å²) in [5.41, 5.74) is 3.14. The largest absolute Gasteiger partial charge is 0.493 e. The van der Waals surface area contributed by atoms with Gasteiger partial charge in [-0.15, -0.1) is 0 Å². The summed E-state index contributed by atoms with van der Waals surface area (Å²) in [7, 11) is 0. The predicted octanol–water partition coefficient (Wildman–Crippen LogP) is 2.83. The van der Waals surface area contributed by atoms with Gasteiger partial charge in [0.1, 0.15) is 5.65 Å². The number of hydrogen-bond donors (Lipinski definition) is 2. The number of aromatic hydroxyl groups is 1. The van der Waals surface area contributed by atoms with Gasteiger partial charge in [-0.05, 0) is 18.4 Å². The van der Waals surface area contributed by atoms with E-state index < -0.39 is 0 Å². The van der Waals surface area contributed by atoms with E-state index in [0.717, 1.165) is 16.8 Å². The zero-order valence-electron chi connectivity index (χ0n) is 12.2. The van der Waals surface area contributed by atoms with E-state index in [1.165, 1.54) is 4.52 Å². The van der Waals surface area contributed by atoms with Crippen LogP contribution in [0.25, 0.3) is 16.8 Å². The molecule has 1 aromatic carbocycles. The molecule has 108 valence electrons. The molecular formula is C16H17N3O2. The topological polar surface area (TPSA) is 70.4 Å². The fourth-order valence-corrected chi connectivity index (χ4v) is 2.66. The molecule has 0 spiro atoms. The molecule has 0 aliphatic rings. The molecule has 0 saturated heterocycles. The van der Waals surface area contributed by atoms with Crippen molar-refractivity contribution in [2.75, 3.05) is 0 Å². The number of nitrogens with one attached hydrogen (secondary N) is 1. The quantitative estimate of drug-likeness (QED) is 0.759. The monoisotopic (exact) mass is 283 g/mol. The lowest BCUT2D eigenvalue weighted by Crippen LogP contribution is -2.17. The minimum atomic E-state index is -0.271. The van der Waals surface area contributed by atoms with Crippen LogP contribution >= 0.6 is 0 Å². The Hall–Kier alpha value is -2.56. The van der Waals surface area contributed by atoms with E-state index in [0.29, 0.717) is 11.2 Å². The Balaban J connectivity index is 2.40. The molecular weight excluding hydrogens is 266 g/mol. The highest BCUT2D eigenvalue weighted by molar-refractivity contribution is 5.80. The average Bonchev–Trinajstić information content (AvgIpc) is 2.76. The lowest BCUT2D eigenvalue weighted by Gasteiger charge is -2.08. The van der Waals surface area contributed by atoms with E-state index in [1.807, 2.05) is 51.1 Å². The normalized spacial score (nSPS) is 11.4. The van der Waals surface area contributed by atoms with Crippen LogP contribution in [0.5, 0.6) is 5.88 Å². The van der Waals surface area contributed by atoms with E-state index in [9.17, 15) is 9.90 Å². The summed E-state index contributed by atoms with van der Waals surface area (Å²) < 4.78 is 1.41. The molecule has 0 saturated carbocycles. The van der Waals surface area contributed by atoms with Crippen LogP contribution in [0.15, 0.2) is 35.1 Å². The van der Waals surface area contributed by atoms with Crippen molar-refractivity contribution >= 4 is 5.65 Å². The second-order valence-corrected chi connectivity index (χ2v) is 5.43. The molecule has 0 fully saturated rings. The van der Waals surface area contributed by atoms with Gasteiger partial charge in [-0.1, -0.05) is 44.2 Å². The lowest BCUT2D eigenvalue weighted by atomic mass is 10.1. The van der Waals surface area contributed by atoms with E-state index in [2.05, 4.69) is 10.1 Å². The number of rotatable bonds is 2. The maximum Gasteiger partial charge on any atom is 0.258 e. The molecule has 0 unspecified atom stereocenters. The fourth-order valence-electron chi connectivity index (χ4n) is 2.66. The van der Waals surface area contributed by atoms with Crippen LogP contribution in [0, 0.1) is 6.92 Å². The number of aromatic amines is 1. The third kappa shape index (κ3) is 2.01. The van der Waals surface area contributed by atoms with Gasteiger partial charge in [0.25, 0.3) is 5.56 Å². The predicted molar refractivity (Wildman–Crippen MR) is 81.7 cm³/mol. The Labute approximate surface area is 121 Å². The number of H-pyrrole nitrogens is 1. The van der Waals surface area contributed by atoms with Gasteiger partial charge in [-0.2, -0.15) is 9.61 Å². The number of fused-ring (bicyclic) bond motifs is 1. The Bertz CT molecular complexity index is 861. The first-order valence-electron chi connectivity index (χ1n) is 6.90. The van der Waals surface area contributed by atoms with Crippen LogP contribution in [0.1, 0.15) is 31.0 Å². The van der Waals surface area contributed by atoms with Crippen LogP contribution in [0.2, 0.25) is 0 Å². The van der Waals surface area contributed by atoms with Gasteiger partial charge >= 0.3 is 0 Å². The van der Waals surface area contributed by atoms with Gasteiger partial charge in [0.2, 0.25) is 5.88 Å². The molecule has 3 rings (SSSR count). The highest BCUT2D eigenvalue weighted by Crippen LogP contribution is 2.30. The van der Waals surface area contributed by atoms with Gasteiger partial charge in [-0.25, -0.2) is 0 Å². The molecule has 0 bridgehead atoms. The lowest BCUT2D eigenvalue weighted by molar-refractivity contribution is 0.422. The molecule has 0 aliphatic carbocycles. The molecule has 3 aromatic rings. The summed E-state index contributed by atoms with van der Waals surface area (Å²) in [4.78, 5) is 15.1. The molecule has 0 amide bonds. The number of benzene rings is 1. The third-order valence-electron chi connectivity index (χ3n) is 3.62. The Morgan fingerprint density at radius 3 is 2.52 bits per heavy atom. The zero-order chi connectivity index (χ0) is 15.1. The average molecular weight is 283 g/mol. The first-order chi connectivity index (χ1) is 10.0. The molecule has 2 N–H and O–H groups in total. The van der Waals surface area contributed by atoms with E-state index in [1.54, 1.807) is 0 Å². The van der Waals surface area contributed by atoms with E-state index >= 15 is 0 Å². The minimum Gasteiger partial charge on any atom is -0.493 e. The Morgan fingerprint density at radius 2 is 1.90 bits per heavy atom. The summed E-state index contributed by atoms with van der Waals surface area (Å²) in [6.07, 6.45) is 0. The molecule has 0 aliphatic heterocycles. The van der Waals surface area contributed by atoms with E-state index in [4.69, 9.17) is 0 Å². The van der Waals surface area contributed by atoms with Crippen molar-refractivity contribution < 1.29 is 5.11 Å². The summed E-state index contributed by atoms with van der Waals surface area (Å²) in [5, 5.41) is 14.7. The number of aromatic nitrogens is 3. The number of nitrogens with zero attached hydrogens (tertiary/aromatic N) is 2. The van der Waals surface area contributed by atoms with Gasteiger partial charge in [0.15, 0.2) is 0 Å². The van der Waals surface area contributed by atoms with Crippen LogP contribution in [0.4, 0.5) is 0 Å². The second kappa shape index (κ2) is 4.77. The van der Waals surface area contributed by atoms with Crippen LogP contribution < -0.4 is 5.56 Å². The Kier molecular flexibility index (Phi) is 3.05.